The van der Waals surface area contributed by atoms with Gasteiger partial charge in [0, 0.05) is 19.0 Å². The number of oxime groups is 1. The molecule has 0 amide bonds. The molecule has 0 aromatic heterocycles. The van der Waals surface area contributed by atoms with Crippen LogP contribution in [0.3, 0.4) is 0 Å². The quantitative estimate of drug-likeness (QED) is 0.305. The smallest absolute Gasteiger partial charge is 0.139 e. The van der Waals surface area contributed by atoms with Gasteiger partial charge in [-0.3, -0.25) is 0 Å². The van der Waals surface area contributed by atoms with Crippen molar-refractivity contribution in [1.82, 2.24) is 5.32 Å². The van der Waals surface area contributed by atoms with Gasteiger partial charge in [-0.15, -0.1) is 0 Å². The van der Waals surface area contributed by atoms with Crippen molar-refractivity contribution in [3.8, 4) is 0 Å². The summed E-state index contributed by atoms with van der Waals surface area (Å²) in [6.45, 7) is 5.73. The molecule has 2 atom stereocenters. The van der Waals surface area contributed by atoms with E-state index in [1.807, 2.05) is 0 Å². The van der Waals surface area contributed by atoms with Crippen LogP contribution in [0.5, 0.6) is 0 Å². The third-order valence-corrected chi connectivity index (χ3v) is 4.59. The number of nitrogens with two attached hydrogens (primary N) is 1. The Hall–Kier alpha value is -0.770. The molecule has 18 heavy (non-hydrogen) atoms. The molecule has 2 unspecified atom stereocenters. The van der Waals surface area contributed by atoms with Gasteiger partial charge in [-0.25, -0.2) is 0 Å². The average Bonchev–Trinajstić information content (AvgIpc) is 3.05. The summed E-state index contributed by atoms with van der Waals surface area (Å²) in [5.74, 6) is 2.05. The van der Waals surface area contributed by atoms with Gasteiger partial charge in [0.1, 0.15) is 5.84 Å². The first-order valence-electron chi connectivity index (χ1n) is 7.23. The Kier molecular flexibility index (Phi) is 4.15. The molecule has 4 heteroatoms. The fourth-order valence-corrected chi connectivity index (χ4v) is 3.49. The summed E-state index contributed by atoms with van der Waals surface area (Å²) in [5.41, 5.74) is 5.90. The number of rotatable bonds is 5. The zero-order chi connectivity index (χ0) is 13.2. The van der Waals surface area contributed by atoms with Crippen LogP contribution in [-0.4, -0.2) is 23.6 Å². The Morgan fingerprint density at radius 2 is 1.89 bits per heavy atom. The SMILES string of the molecule is CC1CC(C)CC(NCC2(CC(N)=NO)CC2)C1. The minimum absolute atomic E-state index is 0.278. The second-order valence-electron chi connectivity index (χ2n) is 6.76. The van der Waals surface area contributed by atoms with Crippen molar-refractivity contribution in [1.29, 1.82) is 0 Å². The van der Waals surface area contributed by atoms with Crippen LogP contribution in [0.15, 0.2) is 5.16 Å². The van der Waals surface area contributed by atoms with Crippen LogP contribution in [0.4, 0.5) is 0 Å². The van der Waals surface area contributed by atoms with Crippen LogP contribution in [0.1, 0.15) is 52.4 Å². The van der Waals surface area contributed by atoms with Crippen molar-refractivity contribution in [2.24, 2.45) is 28.1 Å². The van der Waals surface area contributed by atoms with Gasteiger partial charge in [0.15, 0.2) is 0 Å². The van der Waals surface area contributed by atoms with E-state index in [4.69, 9.17) is 10.9 Å². The number of nitrogens with one attached hydrogen (secondary N) is 1. The van der Waals surface area contributed by atoms with Gasteiger partial charge in [-0.2, -0.15) is 0 Å². The Morgan fingerprint density at radius 3 is 2.39 bits per heavy atom. The molecule has 2 saturated carbocycles. The van der Waals surface area contributed by atoms with Crippen LogP contribution in [-0.2, 0) is 0 Å². The molecule has 0 aliphatic heterocycles. The first-order valence-corrected chi connectivity index (χ1v) is 7.23. The van der Waals surface area contributed by atoms with Gasteiger partial charge >= 0.3 is 0 Å². The number of hydrogen-bond acceptors (Lipinski definition) is 3. The van der Waals surface area contributed by atoms with E-state index in [0.29, 0.717) is 11.9 Å². The summed E-state index contributed by atoms with van der Waals surface area (Å²) in [5, 5.41) is 15.5. The standard InChI is InChI=1S/C14H27N3O/c1-10-5-11(2)7-12(6-10)16-9-14(3-4-14)8-13(15)17-18/h10-12,16,18H,3-9H2,1-2H3,(H2,15,17). The molecule has 0 spiro atoms. The second-order valence-corrected chi connectivity index (χ2v) is 6.76. The fraction of sp³-hybridized carbons (Fsp3) is 0.929. The minimum atomic E-state index is 0.278. The van der Waals surface area contributed by atoms with Crippen molar-refractivity contribution in [2.45, 2.75) is 58.4 Å². The van der Waals surface area contributed by atoms with E-state index in [1.54, 1.807) is 0 Å². The molecule has 4 nitrogen and oxygen atoms in total. The molecular weight excluding hydrogens is 226 g/mol. The van der Waals surface area contributed by atoms with Crippen molar-refractivity contribution in [3.05, 3.63) is 0 Å². The summed E-state index contributed by atoms with van der Waals surface area (Å²) in [4.78, 5) is 0. The average molecular weight is 253 g/mol. The molecule has 2 fully saturated rings. The first-order chi connectivity index (χ1) is 8.53. The van der Waals surface area contributed by atoms with Crippen molar-refractivity contribution < 1.29 is 5.21 Å². The maximum atomic E-state index is 8.65. The third-order valence-electron chi connectivity index (χ3n) is 4.59. The predicted octanol–water partition coefficient (Wildman–Crippen LogP) is 2.32. The largest absolute Gasteiger partial charge is 0.409 e. The van der Waals surface area contributed by atoms with Crippen LogP contribution in [0.2, 0.25) is 0 Å². The van der Waals surface area contributed by atoms with Crippen molar-refractivity contribution in [2.75, 3.05) is 6.54 Å². The molecule has 4 N–H and O–H groups in total. The van der Waals surface area contributed by atoms with Crippen LogP contribution in [0, 0.1) is 17.3 Å². The molecule has 2 rings (SSSR count). The lowest BCUT2D eigenvalue weighted by atomic mass is 9.80. The summed E-state index contributed by atoms with van der Waals surface area (Å²) < 4.78 is 0. The lowest BCUT2D eigenvalue weighted by molar-refractivity contribution is 0.230. The normalized spacial score (nSPS) is 35.4. The van der Waals surface area contributed by atoms with E-state index in [1.165, 1.54) is 32.1 Å². The van der Waals surface area contributed by atoms with E-state index >= 15 is 0 Å². The summed E-state index contributed by atoms with van der Waals surface area (Å²) in [7, 11) is 0. The molecule has 0 aromatic carbocycles. The zero-order valence-electron chi connectivity index (χ0n) is 11.7. The van der Waals surface area contributed by atoms with E-state index in [2.05, 4.69) is 24.3 Å². The Balaban J connectivity index is 1.77. The van der Waals surface area contributed by atoms with Crippen molar-refractivity contribution in [3.63, 3.8) is 0 Å². The maximum Gasteiger partial charge on any atom is 0.139 e. The first kappa shape index (κ1) is 13.7. The lowest BCUT2D eigenvalue weighted by Crippen LogP contribution is -2.40. The Bertz CT molecular complexity index is 302. The summed E-state index contributed by atoms with van der Waals surface area (Å²) in [6.07, 6.45) is 7.10. The highest BCUT2D eigenvalue weighted by Gasteiger charge is 2.43. The van der Waals surface area contributed by atoms with Crippen LogP contribution < -0.4 is 11.1 Å². The van der Waals surface area contributed by atoms with E-state index in [9.17, 15) is 0 Å². The highest BCUT2D eigenvalue weighted by Crippen LogP contribution is 2.48. The molecule has 2 aliphatic rings. The molecule has 104 valence electrons. The summed E-state index contributed by atoms with van der Waals surface area (Å²) in [6, 6.07) is 0.661. The molecular formula is C14H27N3O. The lowest BCUT2D eigenvalue weighted by Gasteiger charge is -2.33. The van der Waals surface area contributed by atoms with Gasteiger partial charge in [0.05, 0.1) is 0 Å². The fourth-order valence-electron chi connectivity index (χ4n) is 3.49. The van der Waals surface area contributed by atoms with Gasteiger partial charge in [-0.05, 0) is 49.4 Å². The monoisotopic (exact) mass is 253 g/mol. The van der Waals surface area contributed by atoms with E-state index in [0.717, 1.165) is 24.8 Å². The predicted molar refractivity (Wildman–Crippen MR) is 73.7 cm³/mol. The minimum Gasteiger partial charge on any atom is -0.409 e. The third kappa shape index (κ3) is 3.61. The molecule has 0 aromatic rings. The Labute approximate surface area is 110 Å². The molecule has 0 saturated heterocycles. The van der Waals surface area contributed by atoms with E-state index < -0.39 is 0 Å². The highest BCUT2D eigenvalue weighted by molar-refractivity contribution is 5.80. The number of amidine groups is 1. The number of nitrogens with zero attached hydrogens (tertiary/aromatic N) is 1. The summed E-state index contributed by atoms with van der Waals surface area (Å²) >= 11 is 0. The number of hydrogen-bond donors (Lipinski definition) is 3. The van der Waals surface area contributed by atoms with Crippen LogP contribution in [0.25, 0.3) is 0 Å². The molecule has 0 bridgehead atoms. The molecule has 0 heterocycles. The highest BCUT2D eigenvalue weighted by atomic mass is 16.4. The Morgan fingerprint density at radius 1 is 1.28 bits per heavy atom. The van der Waals surface area contributed by atoms with Gasteiger partial charge < -0.3 is 16.3 Å². The van der Waals surface area contributed by atoms with Crippen LogP contribution >= 0.6 is 0 Å². The molecule has 2 aliphatic carbocycles. The van der Waals surface area contributed by atoms with Gasteiger partial charge in [0.25, 0.3) is 0 Å². The van der Waals surface area contributed by atoms with Crippen molar-refractivity contribution >= 4 is 5.84 Å². The maximum absolute atomic E-state index is 8.65. The molecule has 0 radical (unpaired) electrons. The van der Waals surface area contributed by atoms with Gasteiger partial charge in [0.2, 0.25) is 0 Å². The second kappa shape index (κ2) is 5.47. The zero-order valence-corrected chi connectivity index (χ0v) is 11.7. The topological polar surface area (TPSA) is 70.6 Å². The van der Waals surface area contributed by atoms with E-state index in [-0.39, 0.29) is 5.41 Å². The van der Waals surface area contributed by atoms with Gasteiger partial charge in [-0.1, -0.05) is 19.0 Å².